The van der Waals surface area contributed by atoms with Gasteiger partial charge in [-0.3, -0.25) is 4.79 Å². The first-order valence-electron chi connectivity index (χ1n) is 10.1. The Bertz CT molecular complexity index is 1150. The first kappa shape index (κ1) is 20.4. The molecule has 2 aromatic heterocycles. The molecule has 0 spiro atoms. The average Bonchev–Trinajstić information content (AvgIpc) is 3.48. The Hall–Kier alpha value is -3.87. The SMILES string of the molecule is COc1cccc(-n2cc(CNC(=O)c3cc(CC(C)c4ccccc4)no3)cn2)c1. The Morgan fingerprint density at radius 1 is 1.16 bits per heavy atom. The van der Waals surface area contributed by atoms with E-state index in [1.54, 1.807) is 24.1 Å². The van der Waals surface area contributed by atoms with Crippen molar-refractivity contribution in [3.8, 4) is 11.4 Å². The van der Waals surface area contributed by atoms with Crippen molar-refractivity contribution < 1.29 is 14.1 Å². The van der Waals surface area contributed by atoms with Crippen molar-refractivity contribution in [2.75, 3.05) is 7.11 Å². The molecule has 4 rings (SSSR count). The maximum Gasteiger partial charge on any atom is 0.290 e. The summed E-state index contributed by atoms with van der Waals surface area (Å²) in [6.07, 6.45) is 4.28. The summed E-state index contributed by atoms with van der Waals surface area (Å²) in [5.74, 6) is 0.936. The molecule has 1 amide bonds. The van der Waals surface area contributed by atoms with Crippen LogP contribution in [0.2, 0.25) is 0 Å². The number of amides is 1. The third-order valence-electron chi connectivity index (χ3n) is 5.07. The number of carbonyl (C=O) groups excluding carboxylic acids is 1. The second-order valence-corrected chi connectivity index (χ2v) is 7.38. The highest BCUT2D eigenvalue weighted by atomic mass is 16.5. The molecule has 7 nitrogen and oxygen atoms in total. The molecule has 31 heavy (non-hydrogen) atoms. The fraction of sp³-hybridized carbons (Fsp3) is 0.208. The van der Waals surface area contributed by atoms with E-state index < -0.39 is 0 Å². The van der Waals surface area contributed by atoms with Gasteiger partial charge < -0.3 is 14.6 Å². The molecule has 0 aliphatic carbocycles. The molecule has 0 aliphatic heterocycles. The van der Waals surface area contributed by atoms with E-state index in [0.29, 0.717) is 13.0 Å². The maximum absolute atomic E-state index is 12.5. The molecule has 4 aromatic rings. The number of rotatable bonds is 8. The topological polar surface area (TPSA) is 82.2 Å². The molecule has 0 aliphatic rings. The summed E-state index contributed by atoms with van der Waals surface area (Å²) >= 11 is 0. The molecule has 1 N–H and O–H groups in total. The Morgan fingerprint density at radius 3 is 2.81 bits per heavy atom. The molecule has 7 heteroatoms. The Kier molecular flexibility index (Phi) is 6.12. The molecule has 0 saturated carbocycles. The maximum atomic E-state index is 12.5. The lowest BCUT2D eigenvalue weighted by molar-refractivity contribution is 0.0914. The molecule has 158 valence electrons. The fourth-order valence-electron chi connectivity index (χ4n) is 3.34. The van der Waals surface area contributed by atoms with Crippen LogP contribution in [0.25, 0.3) is 5.69 Å². The van der Waals surface area contributed by atoms with Crippen molar-refractivity contribution >= 4 is 5.91 Å². The quantitative estimate of drug-likeness (QED) is 0.467. The van der Waals surface area contributed by atoms with E-state index in [-0.39, 0.29) is 17.6 Å². The van der Waals surface area contributed by atoms with E-state index in [4.69, 9.17) is 9.26 Å². The highest BCUT2D eigenvalue weighted by molar-refractivity contribution is 5.91. The lowest BCUT2D eigenvalue weighted by atomic mass is 9.96. The van der Waals surface area contributed by atoms with E-state index in [1.807, 2.05) is 48.7 Å². The molecule has 2 heterocycles. The third-order valence-corrected chi connectivity index (χ3v) is 5.07. The van der Waals surface area contributed by atoms with Gasteiger partial charge in [0.25, 0.3) is 5.91 Å². The minimum absolute atomic E-state index is 0.204. The van der Waals surface area contributed by atoms with Gasteiger partial charge in [0.1, 0.15) is 5.75 Å². The molecule has 0 fully saturated rings. The zero-order chi connectivity index (χ0) is 21.6. The molecular weight excluding hydrogens is 392 g/mol. The van der Waals surface area contributed by atoms with Crippen LogP contribution >= 0.6 is 0 Å². The van der Waals surface area contributed by atoms with E-state index in [9.17, 15) is 4.79 Å². The van der Waals surface area contributed by atoms with Crippen molar-refractivity contribution in [3.05, 3.63) is 95.6 Å². The van der Waals surface area contributed by atoms with Gasteiger partial charge in [0.05, 0.1) is 24.7 Å². The minimum atomic E-state index is -0.305. The van der Waals surface area contributed by atoms with Gasteiger partial charge in [0.2, 0.25) is 5.76 Å². The second kappa shape index (κ2) is 9.30. The summed E-state index contributed by atoms with van der Waals surface area (Å²) in [5, 5.41) is 11.3. The number of ether oxygens (including phenoxy) is 1. The summed E-state index contributed by atoms with van der Waals surface area (Å²) in [4.78, 5) is 12.5. The smallest absolute Gasteiger partial charge is 0.290 e. The first-order chi connectivity index (χ1) is 15.1. The number of carbonyl (C=O) groups is 1. The standard InChI is InChI=1S/C24H24N4O3/c1-17(19-7-4-3-5-8-19)11-20-12-23(31-27-20)24(29)25-14-18-15-26-28(16-18)21-9-6-10-22(13-21)30-2/h3-10,12-13,15-17H,11,14H2,1-2H3,(H,25,29). The first-order valence-corrected chi connectivity index (χ1v) is 10.1. The van der Waals surface area contributed by atoms with Crippen molar-refractivity contribution in [2.45, 2.75) is 25.8 Å². The number of benzene rings is 2. The molecule has 2 aromatic carbocycles. The average molecular weight is 416 g/mol. The van der Waals surface area contributed by atoms with Crippen LogP contribution in [0.1, 0.15) is 40.2 Å². The number of nitrogens with one attached hydrogen (secondary N) is 1. The van der Waals surface area contributed by atoms with Gasteiger partial charge in [0.15, 0.2) is 0 Å². The molecule has 0 bridgehead atoms. The van der Waals surface area contributed by atoms with Crippen LogP contribution in [-0.4, -0.2) is 28.0 Å². The van der Waals surface area contributed by atoms with Crippen LogP contribution in [0, 0.1) is 0 Å². The Morgan fingerprint density at radius 2 is 2.00 bits per heavy atom. The number of methoxy groups -OCH3 is 1. The van der Waals surface area contributed by atoms with Crippen molar-refractivity contribution in [3.63, 3.8) is 0 Å². The van der Waals surface area contributed by atoms with Gasteiger partial charge in [-0.1, -0.05) is 48.5 Å². The molecule has 1 unspecified atom stereocenters. The molecule has 0 saturated heterocycles. The van der Waals surface area contributed by atoms with Crippen LogP contribution in [-0.2, 0) is 13.0 Å². The summed E-state index contributed by atoms with van der Waals surface area (Å²) in [7, 11) is 1.63. The van der Waals surface area contributed by atoms with Gasteiger partial charge in [-0.15, -0.1) is 0 Å². The van der Waals surface area contributed by atoms with Crippen LogP contribution in [0.4, 0.5) is 0 Å². The lowest BCUT2D eigenvalue weighted by Crippen LogP contribution is -2.22. The molecular formula is C24H24N4O3. The summed E-state index contributed by atoms with van der Waals surface area (Å²) in [6, 6.07) is 19.5. The van der Waals surface area contributed by atoms with Gasteiger partial charge in [0, 0.05) is 30.4 Å². The van der Waals surface area contributed by atoms with E-state index in [1.165, 1.54) is 5.56 Å². The van der Waals surface area contributed by atoms with Gasteiger partial charge >= 0.3 is 0 Å². The third kappa shape index (κ3) is 5.01. The van der Waals surface area contributed by atoms with Crippen LogP contribution in [0.3, 0.4) is 0 Å². The van der Waals surface area contributed by atoms with Crippen LogP contribution in [0.5, 0.6) is 5.75 Å². The predicted molar refractivity (Wildman–Crippen MR) is 116 cm³/mol. The van der Waals surface area contributed by atoms with Gasteiger partial charge in [-0.05, 0) is 30.0 Å². The summed E-state index contributed by atoms with van der Waals surface area (Å²) in [6.45, 7) is 2.46. The lowest BCUT2D eigenvalue weighted by Gasteiger charge is -2.08. The fourth-order valence-corrected chi connectivity index (χ4v) is 3.34. The molecule has 1 atom stereocenters. The Labute approximate surface area is 180 Å². The van der Waals surface area contributed by atoms with Crippen LogP contribution in [0.15, 0.2) is 77.6 Å². The van der Waals surface area contributed by atoms with E-state index in [2.05, 4.69) is 34.6 Å². The number of aromatic nitrogens is 3. The van der Waals surface area contributed by atoms with E-state index in [0.717, 1.165) is 22.7 Å². The molecule has 0 radical (unpaired) electrons. The zero-order valence-corrected chi connectivity index (χ0v) is 17.5. The van der Waals surface area contributed by atoms with Gasteiger partial charge in [-0.25, -0.2) is 4.68 Å². The van der Waals surface area contributed by atoms with Crippen molar-refractivity contribution in [1.82, 2.24) is 20.3 Å². The highest BCUT2D eigenvalue weighted by Gasteiger charge is 2.15. The van der Waals surface area contributed by atoms with E-state index >= 15 is 0 Å². The van der Waals surface area contributed by atoms with Gasteiger partial charge in [-0.2, -0.15) is 5.10 Å². The highest BCUT2D eigenvalue weighted by Crippen LogP contribution is 2.20. The predicted octanol–water partition coefficient (Wildman–Crippen LogP) is 4.15. The van der Waals surface area contributed by atoms with Crippen molar-refractivity contribution in [1.29, 1.82) is 0 Å². The van der Waals surface area contributed by atoms with Crippen LogP contribution < -0.4 is 10.1 Å². The zero-order valence-electron chi connectivity index (χ0n) is 17.5. The monoisotopic (exact) mass is 416 g/mol. The normalized spacial score (nSPS) is 11.8. The second-order valence-electron chi connectivity index (χ2n) is 7.38. The summed E-state index contributed by atoms with van der Waals surface area (Å²) in [5.41, 5.74) is 3.73. The Balaban J connectivity index is 1.34. The summed E-state index contributed by atoms with van der Waals surface area (Å²) < 4.78 is 12.2. The number of nitrogens with zero attached hydrogens (tertiary/aromatic N) is 3. The minimum Gasteiger partial charge on any atom is -0.497 e. The largest absolute Gasteiger partial charge is 0.497 e. The van der Waals surface area contributed by atoms with Crippen molar-refractivity contribution in [2.24, 2.45) is 0 Å². The number of hydrogen-bond donors (Lipinski definition) is 1. The number of hydrogen-bond acceptors (Lipinski definition) is 5.